The molecule has 2 aromatic heterocycles. The number of hydrogen-bond acceptors (Lipinski definition) is 6. The lowest BCUT2D eigenvalue weighted by atomic mass is 9.93. The number of halogens is 3. The lowest BCUT2D eigenvalue weighted by Gasteiger charge is -2.24. The molecule has 0 saturated heterocycles. The highest BCUT2D eigenvalue weighted by Crippen LogP contribution is 2.39. The molecule has 3 N–H and O–H groups in total. The molecule has 1 aliphatic heterocycles. The number of nitrogens with one attached hydrogen (secondary N) is 1. The van der Waals surface area contributed by atoms with Gasteiger partial charge in [0.05, 0.1) is 27.7 Å². The van der Waals surface area contributed by atoms with Gasteiger partial charge in [0.2, 0.25) is 5.91 Å². The fourth-order valence-corrected chi connectivity index (χ4v) is 7.56. The number of pyridine rings is 1. The highest BCUT2D eigenvalue weighted by Gasteiger charge is 2.26. The summed E-state index contributed by atoms with van der Waals surface area (Å²) in [5.74, 6) is 6.79. The van der Waals surface area contributed by atoms with Gasteiger partial charge < -0.3 is 11.1 Å². The van der Waals surface area contributed by atoms with Gasteiger partial charge in [0.25, 0.3) is 0 Å². The van der Waals surface area contributed by atoms with Crippen molar-refractivity contribution >= 4 is 85.1 Å². The van der Waals surface area contributed by atoms with Crippen molar-refractivity contribution in [3.8, 4) is 23.0 Å². The zero-order valence-electron chi connectivity index (χ0n) is 25.3. The molecule has 4 aromatic rings. The molecule has 0 saturated carbocycles. The van der Waals surface area contributed by atoms with Crippen molar-refractivity contribution in [3.63, 3.8) is 0 Å². The predicted molar refractivity (Wildman–Crippen MR) is 195 cm³/mol. The molecule has 0 aliphatic carbocycles. The normalized spacial score (nSPS) is 13.9. The van der Waals surface area contributed by atoms with Crippen LogP contribution in [0.1, 0.15) is 57.1 Å². The molecule has 0 bridgehead atoms. The van der Waals surface area contributed by atoms with Crippen molar-refractivity contribution in [1.29, 1.82) is 0 Å². The maximum Gasteiger partial charge on any atom is 0.241 e. The van der Waals surface area contributed by atoms with Crippen molar-refractivity contribution in [2.75, 3.05) is 18.8 Å². The van der Waals surface area contributed by atoms with Crippen LogP contribution in [0.3, 0.4) is 0 Å². The lowest BCUT2D eigenvalue weighted by molar-refractivity contribution is -0.122. The third kappa shape index (κ3) is 7.66. The number of hydrogen-bond donors (Lipinski definition) is 2. The summed E-state index contributed by atoms with van der Waals surface area (Å²) in [6.45, 7) is 9.08. The number of rotatable bonds is 7. The summed E-state index contributed by atoms with van der Waals surface area (Å²) in [5.41, 5.74) is 12.0. The zero-order valence-corrected chi connectivity index (χ0v) is 30.4. The minimum Gasteiger partial charge on any atom is -0.382 e. The van der Waals surface area contributed by atoms with Gasteiger partial charge in [-0.25, -0.2) is 4.98 Å². The summed E-state index contributed by atoms with van der Waals surface area (Å²) in [5, 5.41) is 15.3. The van der Waals surface area contributed by atoms with E-state index in [-0.39, 0.29) is 17.9 Å². The Bertz CT molecular complexity index is 1830. The highest BCUT2D eigenvalue weighted by molar-refractivity contribution is 14.1. The van der Waals surface area contributed by atoms with Crippen molar-refractivity contribution in [2.24, 2.45) is 17.6 Å². The summed E-state index contributed by atoms with van der Waals surface area (Å²) in [6.07, 6.45) is 1.39. The van der Waals surface area contributed by atoms with Gasteiger partial charge in [-0.05, 0) is 127 Å². The maximum atomic E-state index is 13.6. The Balaban J connectivity index is 1.68. The molecule has 1 atom stereocenters. The monoisotopic (exact) mass is 833 g/mol. The smallest absolute Gasteiger partial charge is 0.241 e. The number of anilines is 1. The molecule has 8 nitrogen and oxygen atoms in total. The Morgan fingerprint density at radius 3 is 2.50 bits per heavy atom. The van der Waals surface area contributed by atoms with Crippen LogP contribution >= 0.6 is 56.8 Å². The minimum atomic E-state index is -0.466. The van der Waals surface area contributed by atoms with Gasteiger partial charge in [-0.15, -0.1) is 0 Å². The first-order chi connectivity index (χ1) is 20.8. The van der Waals surface area contributed by atoms with Crippen LogP contribution in [0.4, 0.5) is 5.82 Å². The molecule has 0 spiro atoms. The summed E-state index contributed by atoms with van der Waals surface area (Å²) in [4.78, 5) is 18.7. The van der Waals surface area contributed by atoms with Crippen LogP contribution in [0.2, 0.25) is 5.02 Å². The van der Waals surface area contributed by atoms with E-state index in [9.17, 15) is 4.79 Å². The minimum absolute atomic E-state index is 0.126. The molecule has 3 heterocycles. The fourth-order valence-electron chi connectivity index (χ4n) is 5.25. The third-order valence-electron chi connectivity index (χ3n) is 7.14. The quantitative estimate of drug-likeness (QED) is 0.155. The summed E-state index contributed by atoms with van der Waals surface area (Å²) in [7, 11) is 1.85. The lowest BCUT2D eigenvalue weighted by Crippen LogP contribution is -2.37. The van der Waals surface area contributed by atoms with E-state index in [1.807, 2.05) is 43.2 Å². The van der Waals surface area contributed by atoms with Crippen LogP contribution in [-0.4, -0.2) is 44.5 Å². The Morgan fingerprint density at radius 1 is 1.14 bits per heavy atom. The largest absolute Gasteiger partial charge is 0.382 e. The van der Waals surface area contributed by atoms with E-state index < -0.39 is 6.04 Å². The average Bonchev–Trinajstić information content (AvgIpc) is 3.47. The van der Waals surface area contributed by atoms with E-state index >= 15 is 0 Å². The number of carbonyl (C=O) groups excluding carboxylic acids is 1. The van der Waals surface area contributed by atoms with E-state index in [0.717, 1.165) is 48.0 Å². The number of nitrogens with two attached hydrogens (primary N) is 1. The fraction of sp³-hybridized carbons (Fsp3) is 0.333. The van der Waals surface area contributed by atoms with Gasteiger partial charge in [-0.1, -0.05) is 23.6 Å². The topological polar surface area (TPSA) is 101 Å². The molecule has 5 rings (SSSR count). The number of nitrogens with zero attached hydrogens (tertiary/aromatic N) is 5. The number of fused-ring (bicyclic) bond motifs is 1. The van der Waals surface area contributed by atoms with Crippen LogP contribution in [0.25, 0.3) is 22.0 Å². The number of aryl methyl sites for hydroxylation is 1. The first-order valence-corrected chi connectivity index (χ1v) is 16.8. The van der Waals surface area contributed by atoms with Gasteiger partial charge in [0.15, 0.2) is 5.82 Å². The average molecular weight is 834 g/mol. The first-order valence-electron chi connectivity index (χ1n) is 14.3. The molecular weight excluding hydrogens is 800 g/mol. The number of aromatic nitrogens is 3. The number of hydrazone groups is 1. The number of carbonyl (C=O) groups is 1. The van der Waals surface area contributed by atoms with Crippen molar-refractivity contribution in [1.82, 2.24) is 25.1 Å². The highest BCUT2D eigenvalue weighted by atomic mass is 127. The Hall–Kier alpha value is -2.89. The van der Waals surface area contributed by atoms with Crippen LogP contribution in [0, 0.1) is 24.4 Å². The maximum absolute atomic E-state index is 13.6. The first kappa shape index (κ1) is 32.5. The predicted octanol–water partition coefficient (Wildman–Crippen LogP) is 6.96. The standard InChI is InChI=1S/C33H34ClI2N7O/c1-19-11-13-43(40-19)18-28(44)39-27(16-20-14-21(35)17-22(36)15-20)30-24(7-6-23(38-30)10-12-33(2,3)4)25-8-9-26(34)29-31(25)42(5)41-32(29)37/h6-9,14-15,17,27H,11,13,16,18H2,1-5H3,(H2,37,41)(H,39,44)/t27-/m0/s1. The Kier molecular flexibility index (Phi) is 9.77. The van der Waals surface area contributed by atoms with E-state index in [1.54, 1.807) is 4.68 Å². The second kappa shape index (κ2) is 13.2. The van der Waals surface area contributed by atoms with Gasteiger partial charge in [0.1, 0.15) is 12.2 Å². The summed E-state index contributed by atoms with van der Waals surface area (Å²) in [6, 6.07) is 13.7. The summed E-state index contributed by atoms with van der Waals surface area (Å²) >= 11 is 11.3. The van der Waals surface area contributed by atoms with Crippen LogP contribution < -0.4 is 11.1 Å². The van der Waals surface area contributed by atoms with Gasteiger partial charge in [-0.3, -0.25) is 14.5 Å². The SMILES string of the molecule is CC1=NN(CC(=O)N[C@@H](Cc2cc(I)cc(I)c2)c2nc(C#CC(C)(C)C)ccc2-c2ccc(Cl)c3c(N)nn(C)c23)CC1. The summed E-state index contributed by atoms with van der Waals surface area (Å²) < 4.78 is 3.99. The van der Waals surface area contributed by atoms with Crippen molar-refractivity contribution in [3.05, 3.63) is 71.6 Å². The second-order valence-corrected chi connectivity index (χ2v) is 14.9. The molecule has 0 radical (unpaired) electrons. The molecule has 0 fully saturated rings. The Labute approximate surface area is 290 Å². The molecule has 44 heavy (non-hydrogen) atoms. The molecule has 1 aliphatic rings. The molecule has 228 valence electrons. The van der Waals surface area contributed by atoms with Crippen LogP contribution in [0.15, 0.2) is 47.6 Å². The van der Waals surface area contributed by atoms with E-state index in [2.05, 4.69) is 112 Å². The third-order valence-corrected chi connectivity index (χ3v) is 8.70. The van der Waals surface area contributed by atoms with Crippen molar-refractivity contribution in [2.45, 2.75) is 46.6 Å². The molecule has 0 unspecified atom stereocenters. The molecule has 11 heteroatoms. The zero-order chi connectivity index (χ0) is 31.8. The van der Waals surface area contributed by atoms with Gasteiger partial charge >= 0.3 is 0 Å². The van der Waals surface area contributed by atoms with E-state index in [4.69, 9.17) is 22.3 Å². The van der Waals surface area contributed by atoms with Gasteiger partial charge in [0, 0.05) is 49.4 Å². The molecular formula is C33H34ClI2N7O. The van der Waals surface area contributed by atoms with Crippen LogP contribution in [0.5, 0.6) is 0 Å². The Morgan fingerprint density at radius 2 is 1.84 bits per heavy atom. The molecule has 1 amide bonds. The van der Waals surface area contributed by atoms with E-state index in [1.165, 1.54) is 0 Å². The number of benzene rings is 2. The van der Waals surface area contributed by atoms with Gasteiger partial charge in [-0.2, -0.15) is 10.2 Å². The number of nitrogen functional groups attached to an aromatic ring is 1. The second-order valence-electron chi connectivity index (χ2n) is 12.0. The van der Waals surface area contributed by atoms with Crippen molar-refractivity contribution < 1.29 is 4.79 Å². The number of amides is 1. The van der Waals surface area contributed by atoms with E-state index in [0.29, 0.717) is 34.0 Å². The molecule has 2 aromatic carbocycles. The van der Waals surface area contributed by atoms with Crippen LogP contribution in [-0.2, 0) is 18.3 Å².